The van der Waals surface area contributed by atoms with Crippen LogP contribution in [0.3, 0.4) is 0 Å². The van der Waals surface area contributed by atoms with Crippen LogP contribution >= 0.6 is 0 Å². The molecule has 2 heteroatoms. The Morgan fingerprint density at radius 1 is 1.06 bits per heavy atom. The van der Waals surface area contributed by atoms with E-state index in [9.17, 15) is 0 Å². The molecule has 0 radical (unpaired) electrons. The van der Waals surface area contributed by atoms with Crippen molar-refractivity contribution in [3.8, 4) is 0 Å². The van der Waals surface area contributed by atoms with Crippen LogP contribution in [0.15, 0.2) is 24.3 Å². The first-order valence-corrected chi connectivity index (χ1v) is 6.09. The molecular formula is C14H24N2. The number of nitrogens with one attached hydrogen (secondary N) is 1. The monoisotopic (exact) mass is 220 g/mol. The Labute approximate surface area is 99.7 Å². The minimum Gasteiger partial charge on any atom is -0.313 e. The van der Waals surface area contributed by atoms with Gasteiger partial charge in [-0.1, -0.05) is 29.8 Å². The number of aryl methyl sites for hydroxylation is 1. The third-order valence-electron chi connectivity index (χ3n) is 2.66. The highest BCUT2D eigenvalue weighted by Crippen LogP contribution is 2.02. The fraction of sp³-hybridized carbons (Fsp3) is 0.571. The lowest BCUT2D eigenvalue weighted by Crippen LogP contribution is -2.18. The fourth-order valence-electron chi connectivity index (χ4n) is 1.62. The number of hydrogen-bond acceptors (Lipinski definition) is 2. The largest absolute Gasteiger partial charge is 0.313 e. The number of hydrogen-bond donors (Lipinski definition) is 1. The van der Waals surface area contributed by atoms with Gasteiger partial charge in [-0.05, 0) is 52.5 Å². The highest BCUT2D eigenvalue weighted by molar-refractivity contribution is 5.20. The van der Waals surface area contributed by atoms with Crippen LogP contribution in [0.2, 0.25) is 0 Å². The molecule has 0 saturated carbocycles. The molecule has 0 heterocycles. The zero-order valence-corrected chi connectivity index (χ0v) is 10.8. The first-order chi connectivity index (χ1) is 7.68. The third kappa shape index (κ3) is 5.89. The lowest BCUT2D eigenvalue weighted by molar-refractivity contribution is 0.391. The van der Waals surface area contributed by atoms with E-state index in [1.54, 1.807) is 0 Å². The van der Waals surface area contributed by atoms with E-state index in [2.05, 4.69) is 55.5 Å². The van der Waals surface area contributed by atoms with Crippen molar-refractivity contribution in [2.24, 2.45) is 0 Å². The van der Waals surface area contributed by atoms with Crippen molar-refractivity contribution in [1.29, 1.82) is 0 Å². The van der Waals surface area contributed by atoms with Gasteiger partial charge in [-0.2, -0.15) is 0 Å². The van der Waals surface area contributed by atoms with Gasteiger partial charge < -0.3 is 10.2 Å². The summed E-state index contributed by atoms with van der Waals surface area (Å²) in [7, 11) is 4.25. The van der Waals surface area contributed by atoms with E-state index in [4.69, 9.17) is 0 Å². The summed E-state index contributed by atoms with van der Waals surface area (Å²) in [6.45, 7) is 5.41. The Balaban J connectivity index is 2.05. The van der Waals surface area contributed by atoms with Crippen LogP contribution in [0, 0.1) is 6.92 Å². The number of nitrogens with zero attached hydrogens (tertiary/aromatic N) is 1. The maximum atomic E-state index is 3.48. The molecule has 0 aromatic heterocycles. The topological polar surface area (TPSA) is 15.3 Å². The zero-order valence-electron chi connectivity index (χ0n) is 10.8. The predicted octanol–water partition coefficient (Wildman–Crippen LogP) is 2.43. The molecule has 1 N–H and O–H groups in total. The fourth-order valence-corrected chi connectivity index (χ4v) is 1.62. The summed E-state index contributed by atoms with van der Waals surface area (Å²) in [6.07, 6.45) is 2.53. The van der Waals surface area contributed by atoms with E-state index >= 15 is 0 Å². The number of rotatable bonds is 7. The van der Waals surface area contributed by atoms with Crippen LogP contribution in [0.4, 0.5) is 0 Å². The van der Waals surface area contributed by atoms with E-state index in [-0.39, 0.29) is 0 Å². The van der Waals surface area contributed by atoms with E-state index < -0.39 is 0 Å². The Hall–Kier alpha value is -0.860. The Morgan fingerprint density at radius 2 is 1.75 bits per heavy atom. The van der Waals surface area contributed by atoms with Gasteiger partial charge in [0.25, 0.3) is 0 Å². The van der Waals surface area contributed by atoms with Crippen molar-refractivity contribution >= 4 is 0 Å². The van der Waals surface area contributed by atoms with Crippen LogP contribution < -0.4 is 5.32 Å². The van der Waals surface area contributed by atoms with Crippen molar-refractivity contribution in [3.63, 3.8) is 0 Å². The molecular weight excluding hydrogens is 196 g/mol. The smallest absolute Gasteiger partial charge is 0.0205 e. The highest BCUT2D eigenvalue weighted by Gasteiger charge is 1.93. The number of unbranched alkanes of at least 4 members (excludes halogenated alkanes) is 1. The molecule has 90 valence electrons. The van der Waals surface area contributed by atoms with E-state index in [0.29, 0.717) is 0 Å². The van der Waals surface area contributed by atoms with Gasteiger partial charge in [0.1, 0.15) is 0 Å². The van der Waals surface area contributed by atoms with E-state index in [1.807, 2.05) is 0 Å². The van der Waals surface area contributed by atoms with Crippen molar-refractivity contribution in [3.05, 3.63) is 35.4 Å². The summed E-state index contributed by atoms with van der Waals surface area (Å²) in [5, 5.41) is 3.48. The Kier molecular flexibility index (Phi) is 6.12. The average Bonchev–Trinajstić information content (AvgIpc) is 2.25. The molecule has 0 aliphatic carbocycles. The van der Waals surface area contributed by atoms with Gasteiger partial charge in [0.05, 0.1) is 0 Å². The van der Waals surface area contributed by atoms with Gasteiger partial charge in [-0.3, -0.25) is 0 Å². The highest BCUT2D eigenvalue weighted by atomic mass is 15.0. The maximum absolute atomic E-state index is 3.48. The quantitative estimate of drug-likeness (QED) is 0.710. The second-order valence-electron chi connectivity index (χ2n) is 4.67. The molecule has 1 rings (SSSR count). The standard InChI is InChI=1S/C14H24N2/c1-13-6-8-14(9-7-13)12-15-10-4-5-11-16(2)3/h6-9,15H,4-5,10-12H2,1-3H3. The molecule has 0 aliphatic rings. The van der Waals surface area contributed by atoms with Gasteiger partial charge >= 0.3 is 0 Å². The molecule has 2 nitrogen and oxygen atoms in total. The summed E-state index contributed by atoms with van der Waals surface area (Å²) in [5.41, 5.74) is 2.70. The van der Waals surface area contributed by atoms with Crippen LogP contribution in [-0.4, -0.2) is 32.1 Å². The molecule has 0 saturated heterocycles. The van der Waals surface area contributed by atoms with Gasteiger partial charge in [-0.25, -0.2) is 0 Å². The van der Waals surface area contributed by atoms with Crippen LogP contribution in [0.25, 0.3) is 0 Å². The summed E-state index contributed by atoms with van der Waals surface area (Å²) < 4.78 is 0. The minimum absolute atomic E-state index is 0.988. The van der Waals surface area contributed by atoms with Crippen molar-refractivity contribution in [2.75, 3.05) is 27.2 Å². The summed E-state index contributed by atoms with van der Waals surface area (Å²) >= 11 is 0. The van der Waals surface area contributed by atoms with Crippen LogP contribution in [0.5, 0.6) is 0 Å². The van der Waals surface area contributed by atoms with Crippen LogP contribution in [-0.2, 0) is 6.54 Å². The molecule has 0 spiro atoms. The predicted molar refractivity (Wildman–Crippen MR) is 70.7 cm³/mol. The van der Waals surface area contributed by atoms with Gasteiger partial charge in [0.15, 0.2) is 0 Å². The van der Waals surface area contributed by atoms with Gasteiger partial charge in [-0.15, -0.1) is 0 Å². The second-order valence-corrected chi connectivity index (χ2v) is 4.67. The van der Waals surface area contributed by atoms with Crippen molar-refractivity contribution < 1.29 is 0 Å². The molecule has 0 aliphatic heterocycles. The minimum atomic E-state index is 0.988. The van der Waals surface area contributed by atoms with Crippen molar-refractivity contribution in [2.45, 2.75) is 26.3 Å². The first-order valence-electron chi connectivity index (χ1n) is 6.09. The molecule has 1 aromatic rings. The van der Waals surface area contributed by atoms with Gasteiger partial charge in [0.2, 0.25) is 0 Å². The van der Waals surface area contributed by atoms with Gasteiger partial charge in [0, 0.05) is 6.54 Å². The lowest BCUT2D eigenvalue weighted by atomic mass is 10.1. The molecule has 0 bridgehead atoms. The third-order valence-corrected chi connectivity index (χ3v) is 2.66. The molecule has 0 atom stereocenters. The Bertz CT molecular complexity index is 277. The molecule has 0 amide bonds. The summed E-state index contributed by atoms with van der Waals surface area (Å²) in [4.78, 5) is 2.24. The maximum Gasteiger partial charge on any atom is 0.0205 e. The van der Waals surface area contributed by atoms with Crippen LogP contribution in [0.1, 0.15) is 24.0 Å². The summed E-state index contributed by atoms with van der Waals surface area (Å²) in [5.74, 6) is 0. The SMILES string of the molecule is Cc1ccc(CNCCCCN(C)C)cc1. The second kappa shape index (κ2) is 7.42. The van der Waals surface area contributed by atoms with E-state index in [0.717, 1.165) is 13.1 Å². The summed E-state index contributed by atoms with van der Waals surface area (Å²) in [6, 6.07) is 8.73. The zero-order chi connectivity index (χ0) is 11.8. The number of benzene rings is 1. The normalized spacial score (nSPS) is 11.0. The Morgan fingerprint density at radius 3 is 2.38 bits per heavy atom. The molecule has 0 fully saturated rings. The molecule has 16 heavy (non-hydrogen) atoms. The lowest BCUT2D eigenvalue weighted by Gasteiger charge is -2.09. The molecule has 1 aromatic carbocycles. The first kappa shape index (κ1) is 13.2. The van der Waals surface area contributed by atoms with E-state index in [1.165, 1.54) is 30.5 Å². The molecule has 0 unspecified atom stereocenters. The van der Waals surface area contributed by atoms with Crippen molar-refractivity contribution in [1.82, 2.24) is 10.2 Å². The average molecular weight is 220 g/mol.